The van der Waals surface area contributed by atoms with Gasteiger partial charge in [0.2, 0.25) is 0 Å². The van der Waals surface area contributed by atoms with Crippen molar-refractivity contribution in [1.82, 2.24) is 10.2 Å². The lowest BCUT2D eigenvalue weighted by atomic mass is 10.0. The Labute approximate surface area is 195 Å². The van der Waals surface area contributed by atoms with E-state index in [1.54, 1.807) is 12.1 Å². The highest BCUT2D eigenvalue weighted by Gasteiger charge is 2.24. The van der Waals surface area contributed by atoms with E-state index in [0.29, 0.717) is 37.8 Å². The second-order valence-electron chi connectivity index (χ2n) is 7.95. The van der Waals surface area contributed by atoms with Crippen molar-refractivity contribution in [3.05, 3.63) is 70.9 Å². The van der Waals surface area contributed by atoms with Crippen LogP contribution in [0.3, 0.4) is 0 Å². The minimum Gasteiger partial charge on any atom is -0.486 e. The van der Waals surface area contributed by atoms with Gasteiger partial charge in [0.05, 0.1) is 24.1 Å². The fourth-order valence-corrected chi connectivity index (χ4v) is 5.04. The van der Waals surface area contributed by atoms with Gasteiger partial charge in [-0.3, -0.25) is 9.69 Å². The molecule has 1 N–H and O–H groups in total. The van der Waals surface area contributed by atoms with Crippen LogP contribution in [0.4, 0.5) is 4.39 Å². The van der Waals surface area contributed by atoms with Gasteiger partial charge in [-0.15, -0.1) is 11.3 Å². The summed E-state index contributed by atoms with van der Waals surface area (Å²) < 4.78 is 30.2. The Hall–Kier alpha value is -2.94. The molecule has 2 aliphatic heterocycles. The second-order valence-corrected chi connectivity index (χ2v) is 9.03. The summed E-state index contributed by atoms with van der Waals surface area (Å²) in [6.45, 7) is 4.36. The average Bonchev–Trinajstić information content (AvgIpc) is 3.36. The van der Waals surface area contributed by atoms with Crippen molar-refractivity contribution in [1.29, 1.82) is 0 Å². The quantitative estimate of drug-likeness (QED) is 0.590. The number of carbonyl (C=O) groups is 1. The maximum atomic E-state index is 13.4. The van der Waals surface area contributed by atoms with E-state index in [1.165, 1.54) is 23.5 Å². The highest BCUT2D eigenvalue weighted by molar-refractivity contribution is 7.17. The van der Waals surface area contributed by atoms with Crippen molar-refractivity contribution in [3.8, 4) is 21.9 Å². The van der Waals surface area contributed by atoms with Gasteiger partial charge in [-0.2, -0.15) is 0 Å². The van der Waals surface area contributed by atoms with Gasteiger partial charge in [0, 0.05) is 24.5 Å². The first-order chi connectivity index (χ1) is 16.2. The van der Waals surface area contributed by atoms with Crippen LogP contribution in [0, 0.1) is 5.82 Å². The third-order valence-corrected chi connectivity index (χ3v) is 6.99. The van der Waals surface area contributed by atoms with E-state index in [2.05, 4.69) is 10.2 Å². The molecule has 1 unspecified atom stereocenters. The van der Waals surface area contributed by atoms with Crippen molar-refractivity contribution in [3.63, 3.8) is 0 Å². The summed E-state index contributed by atoms with van der Waals surface area (Å²) in [4.78, 5) is 16.8. The SMILES string of the molecule is O=C(NCC(c1ccc(F)cc1)N1CCOCC1)c1ccc(-c2ccc3c(c2)OCCO3)s1. The Morgan fingerprint density at radius 3 is 2.52 bits per heavy atom. The molecule has 2 aromatic carbocycles. The number of hydrogen-bond acceptors (Lipinski definition) is 6. The van der Waals surface area contributed by atoms with Crippen LogP contribution >= 0.6 is 11.3 Å². The summed E-state index contributed by atoms with van der Waals surface area (Å²) in [6.07, 6.45) is 0. The molecule has 3 aromatic rings. The molecule has 2 aliphatic rings. The summed E-state index contributed by atoms with van der Waals surface area (Å²) in [5, 5.41) is 3.07. The van der Waals surface area contributed by atoms with Crippen molar-refractivity contribution in [2.45, 2.75) is 6.04 Å². The van der Waals surface area contributed by atoms with E-state index >= 15 is 0 Å². The van der Waals surface area contributed by atoms with Gasteiger partial charge < -0.3 is 19.5 Å². The molecule has 6 nitrogen and oxygen atoms in total. The standard InChI is InChI=1S/C25H25FN2O4S/c26-19-4-1-17(2-5-19)20(28-9-11-30-12-10-28)16-27-25(29)24-8-7-23(33-24)18-3-6-21-22(15-18)32-14-13-31-21/h1-8,15,20H,9-14,16H2,(H,27,29). The summed E-state index contributed by atoms with van der Waals surface area (Å²) in [7, 11) is 0. The van der Waals surface area contributed by atoms with Crippen LogP contribution in [-0.2, 0) is 4.74 Å². The molecule has 5 rings (SSSR count). The van der Waals surface area contributed by atoms with Gasteiger partial charge in [-0.25, -0.2) is 4.39 Å². The molecule has 0 bridgehead atoms. The normalized spacial score (nSPS) is 16.9. The first kappa shape index (κ1) is 21.9. The molecule has 3 heterocycles. The van der Waals surface area contributed by atoms with Crippen LogP contribution in [0.2, 0.25) is 0 Å². The Kier molecular flexibility index (Phi) is 6.57. The van der Waals surface area contributed by atoms with Crippen molar-refractivity contribution in [2.24, 2.45) is 0 Å². The Morgan fingerprint density at radius 1 is 0.970 bits per heavy atom. The van der Waals surface area contributed by atoms with Crippen molar-refractivity contribution in [2.75, 3.05) is 46.1 Å². The lowest BCUT2D eigenvalue weighted by molar-refractivity contribution is 0.0162. The molecule has 1 amide bonds. The van der Waals surface area contributed by atoms with Crippen LogP contribution in [-0.4, -0.2) is 56.9 Å². The van der Waals surface area contributed by atoms with E-state index in [4.69, 9.17) is 14.2 Å². The number of benzene rings is 2. The molecule has 0 saturated carbocycles. The monoisotopic (exact) mass is 468 g/mol. The lowest BCUT2D eigenvalue weighted by Crippen LogP contribution is -2.43. The van der Waals surface area contributed by atoms with Gasteiger partial charge in [-0.1, -0.05) is 12.1 Å². The Bertz CT molecular complexity index is 1110. The van der Waals surface area contributed by atoms with E-state index < -0.39 is 0 Å². The Balaban J connectivity index is 1.28. The molecular weight excluding hydrogens is 443 g/mol. The van der Waals surface area contributed by atoms with Crippen molar-refractivity contribution >= 4 is 17.2 Å². The predicted molar refractivity (Wildman–Crippen MR) is 125 cm³/mol. The minimum atomic E-state index is -0.270. The second kappa shape index (κ2) is 9.91. The molecule has 0 radical (unpaired) electrons. The molecule has 33 heavy (non-hydrogen) atoms. The van der Waals surface area contributed by atoms with Gasteiger partial charge >= 0.3 is 0 Å². The third kappa shape index (κ3) is 5.03. The number of nitrogens with one attached hydrogen (secondary N) is 1. The number of thiophene rings is 1. The molecular formula is C25H25FN2O4S. The predicted octanol–water partition coefficient (Wildman–Crippen LogP) is 4.13. The smallest absolute Gasteiger partial charge is 0.261 e. The van der Waals surface area contributed by atoms with Gasteiger partial charge in [0.25, 0.3) is 5.91 Å². The first-order valence-corrected chi connectivity index (χ1v) is 11.8. The zero-order chi connectivity index (χ0) is 22.6. The number of hydrogen-bond donors (Lipinski definition) is 1. The fraction of sp³-hybridized carbons (Fsp3) is 0.320. The highest BCUT2D eigenvalue weighted by atomic mass is 32.1. The molecule has 1 atom stereocenters. The minimum absolute atomic E-state index is 0.0457. The van der Waals surface area contributed by atoms with E-state index in [0.717, 1.165) is 40.6 Å². The third-order valence-electron chi connectivity index (χ3n) is 5.85. The van der Waals surface area contributed by atoms with Crippen LogP contribution in [0.5, 0.6) is 11.5 Å². The lowest BCUT2D eigenvalue weighted by Gasteiger charge is -2.34. The topological polar surface area (TPSA) is 60.0 Å². The summed E-state index contributed by atoms with van der Waals surface area (Å²) in [5.41, 5.74) is 1.96. The summed E-state index contributed by atoms with van der Waals surface area (Å²) >= 11 is 1.44. The number of amides is 1. The largest absolute Gasteiger partial charge is 0.486 e. The maximum Gasteiger partial charge on any atom is 0.261 e. The fourth-order valence-electron chi connectivity index (χ4n) is 4.12. The van der Waals surface area contributed by atoms with Crippen molar-refractivity contribution < 1.29 is 23.4 Å². The summed E-state index contributed by atoms with van der Waals surface area (Å²) in [6, 6.07) is 16.1. The molecule has 0 spiro atoms. The average molecular weight is 469 g/mol. The van der Waals surface area contributed by atoms with Crippen LogP contribution in [0.15, 0.2) is 54.6 Å². The van der Waals surface area contributed by atoms with Crippen LogP contribution < -0.4 is 14.8 Å². The molecule has 0 aliphatic carbocycles. The molecule has 1 fully saturated rings. The van der Waals surface area contributed by atoms with Crippen LogP contribution in [0.1, 0.15) is 21.3 Å². The van der Waals surface area contributed by atoms with Gasteiger partial charge in [-0.05, 0) is 53.6 Å². The van der Waals surface area contributed by atoms with Gasteiger partial charge in [0.1, 0.15) is 19.0 Å². The Morgan fingerprint density at radius 2 is 1.73 bits per heavy atom. The number of rotatable bonds is 6. The number of halogens is 1. The maximum absolute atomic E-state index is 13.4. The number of fused-ring (bicyclic) bond motifs is 1. The number of morpholine rings is 1. The molecule has 1 saturated heterocycles. The van der Waals surface area contributed by atoms with E-state index in [-0.39, 0.29) is 17.8 Å². The molecule has 172 valence electrons. The molecule has 8 heteroatoms. The highest BCUT2D eigenvalue weighted by Crippen LogP contribution is 2.37. The first-order valence-electron chi connectivity index (χ1n) is 11.0. The number of carbonyl (C=O) groups excluding carboxylic acids is 1. The molecule has 1 aromatic heterocycles. The zero-order valence-electron chi connectivity index (χ0n) is 18.1. The van der Waals surface area contributed by atoms with Gasteiger partial charge in [0.15, 0.2) is 11.5 Å². The number of nitrogens with zero attached hydrogens (tertiary/aromatic N) is 1. The zero-order valence-corrected chi connectivity index (χ0v) is 18.9. The van der Waals surface area contributed by atoms with E-state index in [1.807, 2.05) is 30.3 Å². The summed E-state index contributed by atoms with van der Waals surface area (Å²) in [5.74, 6) is 1.08. The number of ether oxygens (including phenoxy) is 3. The van der Waals surface area contributed by atoms with Crippen LogP contribution in [0.25, 0.3) is 10.4 Å². The van der Waals surface area contributed by atoms with E-state index in [9.17, 15) is 9.18 Å².